The summed E-state index contributed by atoms with van der Waals surface area (Å²) in [6.07, 6.45) is 1.69. The minimum atomic E-state index is -0.300. The molecule has 0 fully saturated rings. The maximum Gasteiger partial charge on any atom is 0.278 e. The van der Waals surface area contributed by atoms with Gasteiger partial charge in [-0.2, -0.15) is 0 Å². The van der Waals surface area contributed by atoms with Crippen molar-refractivity contribution >= 4 is 33.9 Å². The molecule has 23 heavy (non-hydrogen) atoms. The van der Waals surface area contributed by atoms with Crippen molar-refractivity contribution < 1.29 is 4.79 Å². The van der Waals surface area contributed by atoms with Gasteiger partial charge in [-0.3, -0.25) is 4.79 Å². The Kier molecular flexibility index (Phi) is 4.29. The molecular weight excluding hydrogens is 310 g/mol. The van der Waals surface area contributed by atoms with Gasteiger partial charge in [0.1, 0.15) is 16.6 Å². The maximum atomic E-state index is 12.5. The molecule has 0 unspecified atom stereocenters. The molecular formula is C16H15N5OS. The van der Waals surface area contributed by atoms with Gasteiger partial charge in [0.05, 0.1) is 5.01 Å². The summed E-state index contributed by atoms with van der Waals surface area (Å²) in [5.74, 6) is 0.870. The van der Waals surface area contributed by atoms with Crippen molar-refractivity contribution in [3.63, 3.8) is 0 Å². The number of carbonyl (C=O) groups excluding carboxylic acids is 1. The molecule has 2 N–H and O–H groups in total. The third kappa shape index (κ3) is 3.70. The van der Waals surface area contributed by atoms with Crippen LogP contribution in [0.2, 0.25) is 0 Å². The predicted octanol–water partition coefficient (Wildman–Crippen LogP) is 3.55. The van der Waals surface area contributed by atoms with Gasteiger partial charge in [0.15, 0.2) is 5.69 Å². The summed E-state index contributed by atoms with van der Waals surface area (Å²) in [6, 6.07) is 11.0. The summed E-state index contributed by atoms with van der Waals surface area (Å²) in [5.41, 5.74) is 1.17. The van der Waals surface area contributed by atoms with Crippen LogP contribution >= 0.6 is 11.3 Å². The molecule has 7 heteroatoms. The molecule has 3 rings (SSSR count). The van der Waals surface area contributed by atoms with E-state index < -0.39 is 0 Å². The normalized spacial score (nSPS) is 10.3. The van der Waals surface area contributed by atoms with Crippen LogP contribution in [-0.4, -0.2) is 20.9 Å². The molecule has 0 spiro atoms. The lowest BCUT2D eigenvalue weighted by Crippen LogP contribution is -2.15. The quantitative estimate of drug-likeness (QED) is 0.767. The predicted molar refractivity (Wildman–Crippen MR) is 91.3 cm³/mol. The molecule has 3 heterocycles. The van der Waals surface area contributed by atoms with Gasteiger partial charge in [0.2, 0.25) is 0 Å². The number of nitrogens with zero attached hydrogens (tertiary/aromatic N) is 3. The van der Waals surface area contributed by atoms with Gasteiger partial charge in [0.25, 0.3) is 5.91 Å². The number of hydrogen-bond acceptors (Lipinski definition) is 6. The second-order valence-corrected chi connectivity index (χ2v) is 6.07. The fourth-order valence-corrected chi connectivity index (χ4v) is 2.83. The average molecular weight is 325 g/mol. The minimum absolute atomic E-state index is 0.300. The Labute approximate surface area is 137 Å². The van der Waals surface area contributed by atoms with Gasteiger partial charge < -0.3 is 10.6 Å². The van der Waals surface area contributed by atoms with Crippen LogP contribution in [0.4, 0.5) is 16.6 Å². The summed E-state index contributed by atoms with van der Waals surface area (Å²) in [5, 5.41) is 7.36. The SMILES string of the molecule is Cc1cccc(NC(=O)c2nc(C)sc2Nc2ccccn2)n1. The number of carbonyl (C=O) groups is 1. The lowest BCUT2D eigenvalue weighted by atomic mass is 10.3. The van der Waals surface area contributed by atoms with Crippen LogP contribution in [0.1, 0.15) is 21.2 Å². The van der Waals surface area contributed by atoms with Crippen LogP contribution in [0.15, 0.2) is 42.6 Å². The van der Waals surface area contributed by atoms with E-state index in [4.69, 9.17) is 0 Å². The first kappa shape index (κ1) is 15.1. The van der Waals surface area contributed by atoms with E-state index in [-0.39, 0.29) is 5.91 Å². The Bertz CT molecular complexity index is 831. The zero-order valence-corrected chi connectivity index (χ0v) is 13.5. The summed E-state index contributed by atoms with van der Waals surface area (Å²) in [7, 11) is 0. The van der Waals surface area contributed by atoms with E-state index in [0.717, 1.165) is 10.7 Å². The van der Waals surface area contributed by atoms with Crippen molar-refractivity contribution in [3.8, 4) is 0 Å². The van der Waals surface area contributed by atoms with Crippen molar-refractivity contribution in [3.05, 3.63) is 59.0 Å². The van der Waals surface area contributed by atoms with E-state index in [9.17, 15) is 4.79 Å². The number of anilines is 3. The zero-order chi connectivity index (χ0) is 16.2. The Balaban J connectivity index is 1.83. The molecule has 0 aliphatic rings. The van der Waals surface area contributed by atoms with Gasteiger partial charge in [-0.1, -0.05) is 12.1 Å². The standard InChI is InChI=1S/C16H15N5OS/c1-10-6-5-8-13(18-10)20-15(22)14-16(23-11(2)19-14)21-12-7-3-4-9-17-12/h3-9H,1-2H3,(H,17,21)(H,18,20,22). The molecule has 0 bridgehead atoms. The number of rotatable bonds is 4. The Morgan fingerprint density at radius 3 is 2.61 bits per heavy atom. The highest BCUT2D eigenvalue weighted by molar-refractivity contribution is 7.16. The molecule has 0 atom stereocenters. The second kappa shape index (κ2) is 6.53. The van der Waals surface area contributed by atoms with E-state index in [1.54, 1.807) is 12.3 Å². The lowest BCUT2D eigenvalue weighted by Gasteiger charge is -2.06. The molecule has 6 nitrogen and oxygen atoms in total. The van der Waals surface area contributed by atoms with E-state index in [0.29, 0.717) is 22.3 Å². The average Bonchev–Trinajstić information content (AvgIpc) is 2.89. The van der Waals surface area contributed by atoms with Gasteiger partial charge in [-0.25, -0.2) is 15.0 Å². The molecule has 0 aromatic carbocycles. The van der Waals surface area contributed by atoms with Crippen LogP contribution < -0.4 is 10.6 Å². The number of pyridine rings is 2. The van der Waals surface area contributed by atoms with Gasteiger partial charge in [-0.05, 0) is 38.1 Å². The smallest absolute Gasteiger partial charge is 0.278 e. The van der Waals surface area contributed by atoms with Gasteiger partial charge >= 0.3 is 0 Å². The fourth-order valence-electron chi connectivity index (χ4n) is 2.01. The number of amides is 1. The summed E-state index contributed by atoms with van der Waals surface area (Å²) in [6.45, 7) is 3.73. The molecule has 1 amide bonds. The number of hydrogen-bond donors (Lipinski definition) is 2. The highest BCUT2D eigenvalue weighted by Gasteiger charge is 2.18. The Morgan fingerprint density at radius 1 is 1.04 bits per heavy atom. The first-order valence-corrected chi connectivity index (χ1v) is 7.84. The topological polar surface area (TPSA) is 79.8 Å². The third-order valence-corrected chi connectivity index (χ3v) is 3.87. The van der Waals surface area contributed by atoms with Crippen molar-refractivity contribution in [1.82, 2.24) is 15.0 Å². The number of aryl methyl sites for hydroxylation is 2. The van der Waals surface area contributed by atoms with Crippen LogP contribution in [-0.2, 0) is 0 Å². The Hall–Kier alpha value is -2.80. The lowest BCUT2D eigenvalue weighted by molar-refractivity contribution is 0.102. The van der Waals surface area contributed by atoms with Crippen molar-refractivity contribution in [2.45, 2.75) is 13.8 Å². The monoisotopic (exact) mass is 325 g/mol. The molecule has 0 aliphatic carbocycles. The molecule has 0 saturated carbocycles. The highest BCUT2D eigenvalue weighted by atomic mass is 32.1. The summed E-state index contributed by atoms with van der Waals surface area (Å²) < 4.78 is 0. The summed E-state index contributed by atoms with van der Waals surface area (Å²) in [4.78, 5) is 25.3. The maximum absolute atomic E-state index is 12.5. The first-order chi connectivity index (χ1) is 11.1. The van der Waals surface area contributed by atoms with E-state index >= 15 is 0 Å². The van der Waals surface area contributed by atoms with Gasteiger partial charge in [-0.15, -0.1) is 11.3 Å². The second-order valence-electron chi connectivity index (χ2n) is 4.87. The van der Waals surface area contributed by atoms with Gasteiger partial charge in [0, 0.05) is 11.9 Å². The molecule has 0 saturated heterocycles. The van der Waals surface area contributed by atoms with E-state index in [1.807, 2.05) is 44.2 Å². The van der Waals surface area contributed by atoms with Crippen molar-refractivity contribution in [2.75, 3.05) is 10.6 Å². The van der Waals surface area contributed by atoms with Crippen molar-refractivity contribution in [1.29, 1.82) is 0 Å². The summed E-state index contributed by atoms with van der Waals surface area (Å²) >= 11 is 1.41. The number of nitrogens with one attached hydrogen (secondary N) is 2. The number of aromatic nitrogens is 3. The molecule has 3 aromatic heterocycles. The van der Waals surface area contributed by atoms with E-state index in [1.165, 1.54) is 11.3 Å². The van der Waals surface area contributed by atoms with Crippen LogP contribution in [0, 0.1) is 13.8 Å². The minimum Gasteiger partial charge on any atom is -0.330 e. The largest absolute Gasteiger partial charge is 0.330 e. The Morgan fingerprint density at radius 2 is 1.87 bits per heavy atom. The number of thiazole rings is 1. The van der Waals surface area contributed by atoms with Crippen molar-refractivity contribution in [2.24, 2.45) is 0 Å². The van der Waals surface area contributed by atoms with Crippen LogP contribution in [0.5, 0.6) is 0 Å². The molecule has 3 aromatic rings. The van der Waals surface area contributed by atoms with E-state index in [2.05, 4.69) is 25.6 Å². The molecule has 116 valence electrons. The highest BCUT2D eigenvalue weighted by Crippen LogP contribution is 2.27. The molecule has 0 radical (unpaired) electrons. The molecule has 0 aliphatic heterocycles. The first-order valence-electron chi connectivity index (χ1n) is 7.02. The van der Waals surface area contributed by atoms with Crippen LogP contribution in [0.25, 0.3) is 0 Å². The fraction of sp³-hybridized carbons (Fsp3) is 0.125. The van der Waals surface area contributed by atoms with Crippen LogP contribution in [0.3, 0.4) is 0 Å². The zero-order valence-electron chi connectivity index (χ0n) is 12.7. The third-order valence-electron chi connectivity index (χ3n) is 2.99.